The minimum absolute atomic E-state index is 0.0205. The van der Waals surface area contributed by atoms with Gasteiger partial charge < -0.3 is 4.74 Å². The number of ether oxygens (including phenoxy) is 1. The zero-order valence-corrected chi connectivity index (χ0v) is 17.6. The minimum atomic E-state index is 0.0205. The Balaban J connectivity index is 1.27. The van der Waals surface area contributed by atoms with E-state index in [-0.39, 0.29) is 12.4 Å². The number of hydrogen-bond donors (Lipinski definition) is 0. The van der Waals surface area contributed by atoms with Gasteiger partial charge in [0.05, 0.1) is 17.4 Å². The molecule has 0 saturated heterocycles. The first-order valence-electron chi connectivity index (χ1n) is 10.4. The van der Waals surface area contributed by atoms with Crippen LogP contribution in [0, 0.1) is 6.92 Å². The van der Waals surface area contributed by atoms with Crippen molar-refractivity contribution < 1.29 is 9.53 Å². The summed E-state index contributed by atoms with van der Waals surface area (Å²) in [5.74, 6) is 1.09. The molecule has 30 heavy (non-hydrogen) atoms. The van der Waals surface area contributed by atoms with Crippen LogP contribution in [0.3, 0.4) is 0 Å². The number of ketones is 1. The van der Waals surface area contributed by atoms with Crippen LogP contribution in [-0.2, 0) is 25.3 Å². The molecule has 1 aliphatic rings. The standard InChI is InChI=1S/C23H25N5O2/c1-14-11-19(25-23-20(14)21(15-7-8-15)26-28(23)3)30-13-18(29)10-9-16-5-4-6-17-12-24-27(2)22(16)17/h4-6,11-12,15H,7-10,13H2,1-3H3. The number of nitrogens with zero attached hydrogens (tertiary/aromatic N) is 5. The lowest BCUT2D eigenvalue weighted by atomic mass is 10.1. The van der Waals surface area contributed by atoms with Crippen molar-refractivity contribution in [3.05, 3.63) is 47.3 Å². The number of carbonyl (C=O) groups is 1. The van der Waals surface area contributed by atoms with E-state index in [1.165, 1.54) is 12.8 Å². The van der Waals surface area contributed by atoms with E-state index < -0.39 is 0 Å². The smallest absolute Gasteiger partial charge is 0.215 e. The normalized spacial score (nSPS) is 14.0. The molecule has 7 nitrogen and oxygen atoms in total. The van der Waals surface area contributed by atoms with Crippen molar-refractivity contribution in [3.63, 3.8) is 0 Å². The molecule has 0 spiro atoms. The molecule has 1 aromatic carbocycles. The Bertz CT molecular complexity index is 1270. The molecular formula is C23H25N5O2. The summed E-state index contributed by atoms with van der Waals surface area (Å²) in [5.41, 5.74) is 5.27. The number of para-hydroxylation sites is 1. The topological polar surface area (TPSA) is 74.8 Å². The van der Waals surface area contributed by atoms with Gasteiger partial charge >= 0.3 is 0 Å². The lowest BCUT2D eigenvalue weighted by Gasteiger charge is -2.08. The summed E-state index contributed by atoms with van der Waals surface area (Å²) in [6.07, 6.45) is 5.33. The predicted octanol–water partition coefficient (Wildman–Crippen LogP) is 3.62. The Morgan fingerprint density at radius 3 is 2.87 bits per heavy atom. The zero-order valence-electron chi connectivity index (χ0n) is 17.6. The number of Topliss-reactive ketones (excluding diaryl/α,β-unsaturated/α-hetero) is 1. The summed E-state index contributed by atoms with van der Waals surface area (Å²) < 4.78 is 9.44. The maximum absolute atomic E-state index is 12.5. The van der Waals surface area contributed by atoms with Gasteiger partial charge in [-0.05, 0) is 37.3 Å². The summed E-state index contributed by atoms with van der Waals surface area (Å²) in [5, 5.41) is 11.2. The van der Waals surface area contributed by atoms with Crippen LogP contribution in [0.1, 0.15) is 42.0 Å². The van der Waals surface area contributed by atoms with E-state index in [1.807, 2.05) is 47.9 Å². The first-order chi connectivity index (χ1) is 14.5. The quantitative estimate of drug-likeness (QED) is 0.471. The molecule has 3 heterocycles. The van der Waals surface area contributed by atoms with Gasteiger partial charge in [-0.25, -0.2) is 0 Å². The van der Waals surface area contributed by atoms with Crippen LogP contribution < -0.4 is 4.74 Å². The van der Waals surface area contributed by atoms with E-state index in [1.54, 1.807) is 0 Å². The monoisotopic (exact) mass is 403 g/mol. The van der Waals surface area contributed by atoms with Crippen molar-refractivity contribution in [1.29, 1.82) is 0 Å². The van der Waals surface area contributed by atoms with Gasteiger partial charge in [0.15, 0.2) is 11.4 Å². The third-order valence-electron chi connectivity index (χ3n) is 5.86. The number of carbonyl (C=O) groups excluding carboxylic acids is 1. The highest BCUT2D eigenvalue weighted by atomic mass is 16.5. The third kappa shape index (κ3) is 3.34. The lowest BCUT2D eigenvalue weighted by molar-refractivity contribution is -0.121. The molecule has 0 bridgehead atoms. The van der Waals surface area contributed by atoms with Gasteiger partial charge in [-0.3, -0.25) is 14.2 Å². The first kappa shape index (κ1) is 18.8. The number of fused-ring (bicyclic) bond motifs is 2. The van der Waals surface area contributed by atoms with Crippen LogP contribution >= 0.6 is 0 Å². The SMILES string of the molecule is Cc1cc(OCC(=O)CCc2cccc3cnn(C)c23)nc2c1c(C1CC1)nn2C. The number of aromatic nitrogens is 5. The molecule has 0 aliphatic heterocycles. The summed E-state index contributed by atoms with van der Waals surface area (Å²) >= 11 is 0. The second kappa shape index (κ2) is 7.23. The van der Waals surface area contributed by atoms with Gasteiger partial charge in [0.2, 0.25) is 5.88 Å². The Kier molecular flexibility index (Phi) is 4.53. The Morgan fingerprint density at radius 2 is 2.07 bits per heavy atom. The highest BCUT2D eigenvalue weighted by Crippen LogP contribution is 2.43. The zero-order chi connectivity index (χ0) is 20.8. The lowest BCUT2D eigenvalue weighted by Crippen LogP contribution is -2.13. The fourth-order valence-electron chi connectivity index (χ4n) is 4.17. The fraction of sp³-hybridized carbons (Fsp3) is 0.391. The van der Waals surface area contributed by atoms with Crippen molar-refractivity contribution in [1.82, 2.24) is 24.5 Å². The number of hydrogen-bond acceptors (Lipinski definition) is 5. The highest BCUT2D eigenvalue weighted by molar-refractivity contribution is 5.85. The van der Waals surface area contributed by atoms with E-state index in [9.17, 15) is 4.79 Å². The van der Waals surface area contributed by atoms with E-state index in [2.05, 4.69) is 28.2 Å². The first-order valence-corrected chi connectivity index (χ1v) is 10.4. The van der Waals surface area contributed by atoms with Gasteiger partial charge in [-0.15, -0.1) is 0 Å². The summed E-state index contributed by atoms with van der Waals surface area (Å²) in [4.78, 5) is 17.1. The van der Waals surface area contributed by atoms with Crippen molar-refractivity contribution in [3.8, 4) is 5.88 Å². The Labute approximate surface area is 174 Å². The van der Waals surface area contributed by atoms with Gasteiger partial charge in [0, 0.05) is 43.3 Å². The maximum Gasteiger partial charge on any atom is 0.215 e. The predicted molar refractivity (Wildman–Crippen MR) is 115 cm³/mol. The summed E-state index contributed by atoms with van der Waals surface area (Å²) in [7, 11) is 3.84. The Morgan fingerprint density at radius 1 is 1.23 bits per heavy atom. The second-order valence-corrected chi connectivity index (χ2v) is 8.21. The van der Waals surface area contributed by atoms with Gasteiger partial charge in [-0.1, -0.05) is 18.2 Å². The number of aryl methyl sites for hydroxylation is 4. The maximum atomic E-state index is 12.5. The van der Waals surface area contributed by atoms with Crippen molar-refractivity contribution in [2.45, 2.75) is 38.5 Å². The van der Waals surface area contributed by atoms with E-state index in [0.29, 0.717) is 24.6 Å². The molecule has 0 N–H and O–H groups in total. The molecule has 4 aromatic rings. The molecule has 0 amide bonds. The molecule has 1 aliphatic carbocycles. The van der Waals surface area contributed by atoms with E-state index >= 15 is 0 Å². The van der Waals surface area contributed by atoms with E-state index in [4.69, 9.17) is 4.74 Å². The van der Waals surface area contributed by atoms with Crippen molar-refractivity contribution in [2.75, 3.05) is 6.61 Å². The molecule has 5 rings (SSSR count). The van der Waals surface area contributed by atoms with Gasteiger partial charge in [0.1, 0.15) is 6.61 Å². The van der Waals surface area contributed by atoms with Crippen LogP contribution in [0.5, 0.6) is 5.88 Å². The summed E-state index contributed by atoms with van der Waals surface area (Å²) in [6, 6.07) is 8.01. The second-order valence-electron chi connectivity index (χ2n) is 8.21. The average Bonchev–Trinajstić information content (AvgIpc) is 3.43. The van der Waals surface area contributed by atoms with Crippen LogP contribution in [0.15, 0.2) is 30.5 Å². The molecule has 1 fully saturated rings. The molecule has 0 radical (unpaired) electrons. The fourth-order valence-corrected chi connectivity index (χ4v) is 4.17. The minimum Gasteiger partial charge on any atom is -0.470 e. The van der Waals surface area contributed by atoms with Crippen LogP contribution in [-0.4, -0.2) is 36.9 Å². The molecule has 1 saturated carbocycles. The molecule has 0 unspecified atom stereocenters. The van der Waals surface area contributed by atoms with Crippen molar-refractivity contribution >= 4 is 27.7 Å². The third-order valence-corrected chi connectivity index (χ3v) is 5.86. The number of benzene rings is 1. The average molecular weight is 403 g/mol. The largest absolute Gasteiger partial charge is 0.470 e. The molecule has 0 atom stereocenters. The van der Waals surface area contributed by atoms with Crippen LogP contribution in [0.25, 0.3) is 21.9 Å². The molecule has 154 valence electrons. The highest BCUT2D eigenvalue weighted by Gasteiger charge is 2.30. The molecular weight excluding hydrogens is 378 g/mol. The number of pyridine rings is 1. The summed E-state index contributed by atoms with van der Waals surface area (Å²) in [6.45, 7) is 2.08. The van der Waals surface area contributed by atoms with Crippen LogP contribution in [0.4, 0.5) is 0 Å². The van der Waals surface area contributed by atoms with Crippen molar-refractivity contribution in [2.24, 2.45) is 14.1 Å². The Hall–Kier alpha value is -3.22. The molecule has 7 heteroatoms. The van der Waals surface area contributed by atoms with Gasteiger partial charge in [0.25, 0.3) is 0 Å². The van der Waals surface area contributed by atoms with Gasteiger partial charge in [-0.2, -0.15) is 15.2 Å². The van der Waals surface area contributed by atoms with E-state index in [0.717, 1.165) is 38.8 Å². The number of rotatable bonds is 7. The van der Waals surface area contributed by atoms with Crippen LogP contribution in [0.2, 0.25) is 0 Å². The molecule has 3 aromatic heterocycles.